The van der Waals surface area contributed by atoms with Crippen molar-refractivity contribution >= 4 is 11.2 Å². The van der Waals surface area contributed by atoms with Gasteiger partial charge in [0.05, 0.1) is 6.61 Å². The number of imidazole rings is 1. The zero-order valence-corrected chi connectivity index (χ0v) is 11.4. The Morgan fingerprint density at radius 1 is 1.19 bits per heavy atom. The van der Waals surface area contributed by atoms with E-state index in [2.05, 4.69) is 4.98 Å². The fraction of sp³-hybridized carbons (Fsp3) is 0.250. The first-order valence-electron chi connectivity index (χ1n) is 7.00. The van der Waals surface area contributed by atoms with Gasteiger partial charge in [0.25, 0.3) is 0 Å². The average Bonchev–Trinajstić information content (AvgIpc) is 3.15. The fourth-order valence-electron chi connectivity index (χ4n) is 2.79. The first kappa shape index (κ1) is 12.5. The van der Waals surface area contributed by atoms with Gasteiger partial charge in [-0.05, 0) is 42.8 Å². The molecule has 4 nitrogen and oxygen atoms in total. The van der Waals surface area contributed by atoms with Gasteiger partial charge in [-0.3, -0.25) is 4.57 Å². The Hall–Kier alpha value is -2.27. The minimum Gasteiger partial charge on any atom is -0.381 e. The highest BCUT2D eigenvalue weighted by Crippen LogP contribution is 2.29. The second-order valence-electron chi connectivity index (χ2n) is 5.19. The van der Waals surface area contributed by atoms with Crippen molar-refractivity contribution in [2.24, 2.45) is 0 Å². The van der Waals surface area contributed by atoms with Crippen molar-refractivity contribution in [1.82, 2.24) is 14.5 Å². The van der Waals surface area contributed by atoms with Gasteiger partial charge in [0.2, 0.25) is 0 Å². The maximum absolute atomic E-state index is 13.2. The van der Waals surface area contributed by atoms with Gasteiger partial charge < -0.3 is 4.74 Å². The Balaban J connectivity index is 1.95. The van der Waals surface area contributed by atoms with Crippen molar-refractivity contribution in [2.45, 2.75) is 12.3 Å². The molecule has 0 spiro atoms. The lowest BCUT2D eigenvalue weighted by molar-refractivity contribution is 0.193. The standard InChI is InChI=1S/C16H14FN3O/c17-12-3-5-13(6-4-12)20-15(11-7-9-21-10-11)19-14-2-1-8-18-16(14)20/h1-6,8,11H,7,9-10H2. The Kier molecular flexibility index (Phi) is 2.93. The van der Waals surface area contributed by atoms with Gasteiger partial charge in [0.1, 0.15) is 17.2 Å². The van der Waals surface area contributed by atoms with Crippen LogP contribution in [0.3, 0.4) is 0 Å². The molecule has 2 aromatic heterocycles. The molecule has 1 atom stereocenters. The van der Waals surface area contributed by atoms with Crippen LogP contribution in [0.25, 0.3) is 16.9 Å². The molecule has 1 aromatic carbocycles. The number of hydrogen-bond acceptors (Lipinski definition) is 3. The lowest BCUT2D eigenvalue weighted by Crippen LogP contribution is -2.08. The summed E-state index contributed by atoms with van der Waals surface area (Å²) in [5.74, 6) is 0.943. The molecule has 1 fully saturated rings. The summed E-state index contributed by atoms with van der Waals surface area (Å²) < 4.78 is 20.7. The molecule has 0 bridgehead atoms. The summed E-state index contributed by atoms with van der Waals surface area (Å²) in [5.41, 5.74) is 2.52. The average molecular weight is 283 g/mol. The molecular formula is C16H14FN3O. The van der Waals surface area contributed by atoms with Crippen LogP contribution < -0.4 is 0 Å². The van der Waals surface area contributed by atoms with E-state index in [1.54, 1.807) is 18.3 Å². The van der Waals surface area contributed by atoms with Gasteiger partial charge >= 0.3 is 0 Å². The van der Waals surface area contributed by atoms with E-state index in [-0.39, 0.29) is 11.7 Å². The van der Waals surface area contributed by atoms with Crippen molar-refractivity contribution in [3.05, 3.63) is 54.2 Å². The summed E-state index contributed by atoms with van der Waals surface area (Å²) in [6.45, 7) is 1.43. The molecular weight excluding hydrogens is 269 g/mol. The van der Waals surface area contributed by atoms with Crippen LogP contribution in [0.5, 0.6) is 0 Å². The Morgan fingerprint density at radius 3 is 2.81 bits per heavy atom. The van der Waals surface area contributed by atoms with Crippen molar-refractivity contribution in [1.29, 1.82) is 0 Å². The molecule has 0 amide bonds. The Morgan fingerprint density at radius 2 is 2.05 bits per heavy atom. The van der Waals surface area contributed by atoms with Gasteiger partial charge in [0.15, 0.2) is 5.65 Å². The van der Waals surface area contributed by atoms with Crippen LogP contribution in [-0.2, 0) is 4.74 Å². The van der Waals surface area contributed by atoms with Crippen LogP contribution in [0.2, 0.25) is 0 Å². The molecule has 3 heterocycles. The first-order chi connectivity index (χ1) is 10.3. The Bertz CT molecular complexity index is 776. The van der Waals surface area contributed by atoms with Crippen LogP contribution in [0.1, 0.15) is 18.2 Å². The van der Waals surface area contributed by atoms with Crippen molar-refractivity contribution in [2.75, 3.05) is 13.2 Å². The summed E-state index contributed by atoms with van der Waals surface area (Å²) in [6, 6.07) is 10.2. The highest BCUT2D eigenvalue weighted by Gasteiger charge is 2.25. The number of hydrogen-bond donors (Lipinski definition) is 0. The summed E-state index contributed by atoms with van der Waals surface area (Å²) in [6.07, 6.45) is 2.70. The van der Waals surface area contributed by atoms with E-state index in [0.29, 0.717) is 6.61 Å². The number of benzene rings is 1. The van der Waals surface area contributed by atoms with E-state index >= 15 is 0 Å². The van der Waals surface area contributed by atoms with Crippen LogP contribution in [-0.4, -0.2) is 27.7 Å². The number of pyridine rings is 1. The van der Waals surface area contributed by atoms with Crippen LogP contribution in [0.4, 0.5) is 4.39 Å². The number of aromatic nitrogens is 3. The predicted molar refractivity (Wildman–Crippen MR) is 77.0 cm³/mol. The molecule has 21 heavy (non-hydrogen) atoms. The summed E-state index contributed by atoms with van der Waals surface area (Å²) >= 11 is 0. The molecule has 106 valence electrons. The SMILES string of the molecule is Fc1ccc(-n2c(C3CCOC3)nc3cccnc32)cc1. The summed E-state index contributed by atoms with van der Waals surface area (Å²) in [4.78, 5) is 9.16. The third-order valence-corrected chi connectivity index (χ3v) is 3.82. The molecule has 0 saturated carbocycles. The molecule has 1 unspecified atom stereocenters. The van der Waals surface area contributed by atoms with Gasteiger partial charge in [-0.1, -0.05) is 0 Å². The monoisotopic (exact) mass is 283 g/mol. The smallest absolute Gasteiger partial charge is 0.164 e. The molecule has 0 N–H and O–H groups in total. The van der Waals surface area contributed by atoms with E-state index in [1.165, 1.54) is 12.1 Å². The van der Waals surface area contributed by atoms with E-state index in [4.69, 9.17) is 9.72 Å². The number of nitrogens with zero attached hydrogens (tertiary/aromatic N) is 3. The second-order valence-corrected chi connectivity index (χ2v) is 5.19. The Labute approximate surface area is 121 Å². The number of halogens is 1. The van der Waals surface area contributed by atoms with Gasteiger partial charge in [-0.25, -0.2) is 14.4 Å². The predicted octanol–water partition coefficient (Wildman–Crippen LogP) is 3.06. The van der Waals surface area contributed by atoms with E-state index in [1.807, 2.05) is 16.7 Å². The highest BCUT2D eigenvalue weighted by atomic mass is 19.1. The summed E-state index contributed by atoms with van der Waals surface area (Å²) in [7, 11) is 0. The lowest BCUT2D eigenvalue weighted by Gasteiger charge is -2.12. The van der Waals surface area contributed by atoms with Crippen molar-refractivity contribution < 1.29 is 9.13 Å². The topological polar surface area (TPSA) is 39.9 Å². The molecule has 1 aliphatic rings. The molecule has 0 radical (unpaired) electrons. The molecule has 4 rings (SSSR count). The third kappa shape index (κ3) is 2.10. The van der Waals surface area contributed by atoms with E-state index in [9.17, 15) is 4.39 Å². The molecule has 3 aromatic rings. The zero-order valence-electron chi connectivity index (χ0n) is 11.4. The van der Waals surface area contributed by atoms with Gasteiger partial charge in [0, 0.05) is 24.4 Å². The quantitative estimate of drug-likeness (QED) is 0.725. The summed E-state index contributed by atoms with van der Waals surface area (Å²) in [5, 5.41) is 0. The number of rotatable bonds is 2. The molecule has 5 heteroatoms. The lowest BCUT2D eigenvalue weighted by atomic mass is 10.1. The fourth-order valence-corrected chi connectivity index (χ4v) is 2.79. The van der Waals surface area contributed by atoms with Crippen molar-refractivity contribution in [3.63, 3.8) is 0 Å². The highest BCUT2D eigenvalue weighted by molar-refractivity contribution is 5.74. The number of ether oxygens (including phenoxy) is 1. The molecule has 1 aliphatic heterocycles. The van der Waals surface area contributed by atoms with Crippen LogP contribution in [0.15, 0.2) is 42.6 Å². The first-order valence-corrected chi connectivity index (χ1v) is 7.00. The maximum atomic E-state index is 13.2. The minimum atomic E-state index is -0.248. The molecule has 1 saturated heterocycles. The molecule has 0 aliphatic carbocycles. The zero-order chi connectivity index (χ0) is 14.2. The second kappa shape index (κ2) is 4.93. The van der Waals surface area contributed by atoms with Crippen LogP contribution >= 0.6 is 0 Å². The maximum Gasteiger partial charge on any atom is 0.164 e. The normalized spacial score (nSPS) is 18.4. The van der Waals surface area contributed by atoms with Crippen LogP contribution in [0, 0.1) is 5.82 Å². The van der Waals surface area contributed by atoms with E-state index in [0.717, 1.165) is 35.7 Å². The van der Waals surface area contributed by atoms with Crippen molar-refractivity contribution in [3.8, 4) is 5.69 Å². The third-order valence-electron chi connectivity index (χ3n) is 3.82. The van der Waals surface area contributed by atoms with E-state index < -0.39 is 0 Å². The number of fused-ring (bicyclic) bond motifs is 1. The minimum absolute atomic E-state index is 0.248. The van der Waals surface area contributed by atoms with Gasteiger partial charge in [-0.15, -0.1) is 0 Å². The van der Waals surface area contributed by atoms with Gasteiger partial charge in [-0.2, -0.15) is 0 Å². The largest absolute Gasteiger partial charge is 0.381 e.